The molecule has 4 nitrogen and oxygen atoms in total. The first-order valence-corrected chi connectivity index (χ1v) is 5.74. The number of nitrogens with zero attached hydrogens (tertiary/aromatic N) is 3. The molecule has 8 heteroatoms. The molecule has 18 heavy (non-hydrogen) atoms. The zero-order chi connectivity index (χ0) is 13.8. The number of aliphatic hydroxyl groups is 1. The van der Waals surface area contributed by atoms with Crippen LogP contribution < -0.4 is 4.90 Å². The molecule has 0 spiro atoms. The Kier molecular flexibility index (Phi) is 5.15. The van der Waals surface area contributed by atoms with Crippen molar-refractivity contribution >= 4 is 17.4 Å². The van der Waals surface area contributed by atoms with Crippen molar-refractivity contribution in [2.45, 2.75) is 19.5 Å². The van der Waals surface area contributed by atoms with Crippen LogP contribution in [0, 0.1) is 0 Å². The molecule has 0 unspecified atom stereocenters. The Morgan fingerprint density at radius 1 is 1.33 bits per heavy atom. The van der Waals surface area contributed by atoms with E-state index in [0.717, 1.165) is 6.07 Å². The lowest BCUT2D eigenvalue weighted by Gasteiger charge is -2.22. The summed E-state index contributed by atoms with van der Waals surface area (Å²) in [7, 11) is 0. The molecule has 0 bridgehead atoms. The summed E-state index contributed by atoms with van der Waals surface area (Å²) in [5.74, 6) is 0.0678. The first-order chi connectivity index (χ1) is 8.38. The Balaban J connectivity index is 3.10. The summed E-state index contributed by atoms with van der Waals surface area (Å²) in [6.07, 6.45) is -3.86. The van der Waals surface area contributed by atoms with E-state index >= 15 is 0 Å². The number of alkyl halides is 3. The molecule has 1 aromatic rings. The van der Waals surface area contributed by atoms with E-state index in [1.165, 1.54) is 4.90 Å². The molecule has 0 saturated carbocycles. The van der Waals surface area contributed by atoms with E-state index in [2.05, 4.69) is 9.97 Å². The van der Waals surface area contributed by atoms with Gasteiger partial charge in [-0.3, -0.25) is 0 Å². The summed E-state index contributed by atoms with van der Waals surface area (Å²) in [4.78, 5) is 8.43. The highest BCUT2D eigenvalue weighted by Gasteiger charge is 2.34. The zero-order valence-corrected chi connectivity index (χ0v) is 10.5. The number of aromatic nitrogens is 2. The fourth-order valence-electron chi connectivity index (χ4n) is 1.44. The van der Waals surface area contributed by atoms with Gasteiger partial charge in [-0.15, -0.1) is 0 Å². The Hall–Kier alpha value is -1.08. The van der Waals surface area contributed by atoms with E-state index in [1.807, 2.05) is 6.92 Å². The molecule has 0 aromatic carbocycles. The Labute approximate surface area is 107 Å². The zero-order valence-electron chi connectivity index (χ0n) is 9.71. The number of hydrogen-bond acceptors (Lipinski definition) is 4. The third-order valence-electron chi connectivity index (χ3n) is 2.16. The average Bonchev–Trinajstić information content (AvgIpc) is 2.27. The lowest BCUT2D eigenvalue weighted by Crippen LogP contribution is -2.29. The maximum absolute atomic E-state index is 12.6. The normalized spacial score (nSPS) is 11.7. The molecule has 0 radical (unpaired) electrons. The van der Waals surface area contributed by atoms with Crippen molar-refractivity contribution in [3.8, 4) is 0 Å². The van der Waals surface area contributed by atoms with Crippen LogP contribution in [0.4, 0.5) is 19.0 Å². The minimum Gasteiger partial charge on any atom is -0.395 e. The summed E-state index contributed by atoms with van der Waals surface area (Å²) in [5, 5.41) is 8.42. The molecule has 1 rings (SSSR count). The van der Waals surface area contributed by atoms with E-state index in [-0.39, 0.29) is 19.0 Å². The van der Waals surface area contributed by atoms with Gasteiger partial charge in [0.1, 0.15) is 5.82 Å². The monoisotopic (exact) mass is 283 g/mol. The Morgan fingerprint density at radius 2 is 2.00 bits per heavy atom. The Morgan fingerprint density at radius 3 is 2.50 bits per heavy atom. The summed E-state index contributed by atoms with van der Waals surface area (Å²) in [6, 6.07) is 0.831. The molecule has 0 amide bonds. The predicted octanol–water partition coefficient (Wildman–Crippen LogP) is 2.36. The third-order valence-corrected chi connectivity index (χ3v) is 2.33. The van der Waals surface area contributed by atoms with E-state index in [0.29, 0.717) is 13.0 Å². The minimum absolute atomic E-state index is 0.0678. The summed E-state index contributed by atoms with van der Waals surface area (Å²) in [6.45, 7) is 2.37. The van der Waals surface area contributed by atoms with Gasteiger partial charge < -0.3 is 10.0 Å². The van der Waals surface area contributed by atoms with Crippen LogP contribution in [0.15, 0.2) is 6.07 Å². The molecule has 0 aliphatic rings. The van der Waals surface area contributed by atoms with Gasteiger partial charge in [0.15, 0.2) is 5.69 Å². The molecule has 1 N–H and O–H groups in total. The average molecular weight is 284 g/mol. The molecule has 0 aliphatic carbocycles. The van der Waals surface area contributed by atoms with Gasteiger partial charge in [0.05, 0.1) is 6.61 Å². The topological polar surface area (TPSA) is 49.2 Å². The van der Waals surface area contributed by atoms with Crippen molar-refractivity contribution in [1.29, 1.82) is 0 Å². The standard InChI is InChI=1S/C10H13ClF3N3O/c1-2-3-17(4-5-18)8-6-7(10(12,13)14)15-9(11)16-8/h6,18H,2-5H2,1H3. The highest BCUT2D eigenvalue weighted by molar-refractivity contribution is 6.28. The number of rotatable bonds is 5. The maximum atomic E-state index is 12.6. The highest BCUT2D eigenvalue weighted by atomic mass is 35.5. The first-order valence-electron chi connectivity index (χ1n) is 5.36. The van der Waals surface area contributed by atoms with Crippen molar-refractivity contribution in [3.05, 3.63) is 17.0 Å². The summed E-state index contributed by atoms with van der Waals surface area (Å²) in [5.41, 5.74) is -1.09. The highest BCUT2D eigenvalue weighted by Crippen LogP contribution is 2.30. The van der Waals surface area contributed by atoms with E-state index < -0.39 is 17.2 Å². The van der Waals surface area contributed by atoms with Crippen molar-refractivity contribution < 1.29 is 18.3 Å². The molecular weight excluding hydrogens is 271 g/mol. The lowest BCUT2D eigenvalue weighted by molar-refractivity contribution is -0.141. The van der Waals surface area contributed by atoms with E-state index in [1.54, 1.807) is 0 Å². The molecular formula is C10H13ClF3N3O. The van der Waals surface area contributed by atoms with Crippen molar-refractivity contribution in [2.24, 2.45) is 0 Å². The lowest BCUT2D eigenvalue weighted by atomic mass is 10.3. The second-order valence-corrected chi connectivity index (χ2v) is 3.93. The maximum Gasteiger partial charge on any atom is 0.433 e. The molecule has 0 aliphatic heterocycles. The molecule has 1 aromatic heterocycles. The molecule has 1 heterocycles. The summed E-state index contributed by atoms with van der Waals surface area (Å²) < 4.78 is 37.7. The third kappa shape index (κ3) is 3.99. The van der Waals surface area contributed by atoms with Crippen molar-refractivity contribution in [3.63, 3.8) is 0 Å². The number of hydrogen-bond donors (Lipinski definition) is 1. The number of anilines is 1. The molecule has 0 atom stereocenters. The largest absolute Gasteiger partial charge is 0.433 e. The van der Waals surface area contributed by atoms with Crippen molar-refractivity contribution in [2.75, 3.05) is 24.6 Å². The second-order valence-electron chi connectivity index (χ2n) is 3.59. The van der Waals surface area contributed by atoms with Gasteiger partial charge in [-0.1, -0.05) is 6.92 Å². The van der Waals surface area contributed by atoms with Crippen molar-refractivity contribution in [1.82, 2.24) is 9.97 Å². The van der Waals surface area contributed by atoms with E-state index in [9.17, 15) is 13.2 Å². The molecule has 0 fully saturated rings. The predicted molar refractivity (Wildman–Crippen MR) is 61.6 cm³/mol. The number of aliphatic hydroxyl groups excluding tert-OH is 1. The summed E-state index contributed by atoms with van der Waals surface area (Å²) >= 11 is 5.49. The van der Waals surface area contributed by atoms with Gasteiger partial charge in [0, 0.05) is 19.2 Å². The van der Waals surface area contributed by atoms with Gasteiger partial charge in [0.25, 0.3) is 0 Å². The van der Waals surface area contributed by atoms with Crippen LogP contribution in [-0.4, -0.2) is 34.8 Å². The fraction of sp³-hybridized carbons (Fsp3) is 0.600. The van der Waals surface area contributed by atoms with E-state index in [4.69, 9.17) is 16.7 Å². The van der Waals surface area contributed by atoms with Crippen LogP contribution in [0.5, 0.6) is 0 Å². The van der Waals surface area contributed by atoms with Crippen LogP contribution >= 0.6 is 11.6 Å². The number of halogens is 4. The Bertz CT molecular complexity index is 394. The van der Waals surface area contributed by atoms with Gasteiger partial charge >= 0.3 is 6.18 Å². The van der Waals surface area contributed by atoms with Crippen LogP contribution in [0.1, 0.15) is 19.0 Å². The molecule has 0 saturated heterocycles. The van der Waals surface area contributed by atoms with Gasteiger partial charge in [0.2, 0.25) is 5.28 Å². The van der Waals surface area contributed by atoms with Gasteiger partial charge in [-0.05, 0) is 18.0 Å². The van der Waals surface area contributed by atoms with Crippen LogP contribution in [-0.2, 0) is 6.18 Å². The van der Waals surface area contributed by atoms with Gasteiger partial charge in [-0.2, -0.15) is 13.2 Å². The van der Waals surface area contributed by atoms with Crippen LogP contribution in [0.25, 0.3) is 0 Å². The smallest absolute Gasteiger partial charge is 0.395 e. The second kappa shape index (κ2) is 6.19. The molecule has 102 valence electrons. The van der Waals surface area contributed by atoms with Crippen LogP contribution in [0.3, 0.4) is 0 Å². The van der Waals surface area contributed by atoms with Gasteiger partial charge in [-0.25, -0.2) is 9.97 Å². The quantitative estimate of drug-likeness (QED) is 0.843. The fourth-order valence-corrected chi connectivity index (χ4v) is 1.62. The first kappa shape index (κ1) is 15.0. The van der Waals surface area contributed by atoms with Crippen LogP contribution in [0.2, 0.25) is 5.28 Å². The SMILES string of the molecule is CCCN(CCO)c1cc(C(F)(F)F)nc(Cl)n1. The minimum atomic E-state index is -4.57.